The zero-order chi connectivity index (χ0) is 8.81. The van der Waals surface area contributed by atoms with Crippen molar-refractivity contribution in [1.82, 2.24) is 9.88 Å². The first-order valence-corrected chi connectivity index (χ1v) is 5.01. The third-order valence-electron chi connectivity index (χ3n) is 1.73. The Kier molecular flexibility index (Phi) is 4.21. The number of nitrogens with zero attached hydrogens (tertiary/aromatic N) is 2. The molecule has 0 saturated carbocycles. The average Bonchev–Trinajstić information content (AvgIpc) is 2.56. The fourth-order valence-corrected chi connectivity index (χ4v) is 1.58. The SMILES string of the molecule is CCN(CCO)Cc1cscn1. The highest BCUT2D eigenvalue weighted by Crippen LogP contribution is 2.04. The van der Waals surface area contributed by atoms with Crippen molar-refractivity contribution in [2.75, 3.05) is 19.7 Å². The molecule has 4 heteroatoms. The summed E-state index contributed by atoms with van der Waals surface area (Å²) in [5.41, 5.74) is 2.93. The number of rotatable bonds is 5. The molecule has 0 amide bonds. The van der Waals surface area contributed by atoms with Gasteiger partial charge in [0.1, 0.15) is 0 Å². The van der Waals surface area contributed by atoms with Crippen LogP contribution in [0.2, 0.25) is 0 Å². The van der Waals surface area contributed by atoms with E-state index < -0.39 is 0 Å². The van der Waals surface area contributed by atoms with Gasteiger partial charge in [-0.25, -0.2) is 4.98 Å². The second-order valence-electron chi connectivity index (χ2n) is 2.57. The molecule has 0 aliphatic rings. The zero-order valence-corrected chi connectivity index (χ0v) is 8.05. The van der Waals surface area contributed by atoms with Crippen molar-refractivity contribution in [3.8, 4) is 0 Å². The number of hydrogen-bond acceptors (Lipinski definition) is 4. The van der Waals surface area contributed by atoms with Crippen LogP contribution in [-0.2, 0) is 6.54 Å². The molecule has 0 spiro atoms. The van der Waals surface area contributed by atoms with Crippen molar-refractivity contribution in [2.24, 2.45) is 0 Å². The molecule has 68 valence electrons. The molecular formula is C8H14N2OS. The molecular weight excluding hydrogens is 172 g/mol. The van der Waals surface area contributed by atoms with E-state index in [1.54, 1.807) is 11.3 Å². The molecule has 0 radical (unpaired) electrons. The van der Waals surface area contributed by atoms with Gasteiger partial charge in [0.2, 0.25) is 0 Å². The van der Waals surface area contributed by atoms with E-state index in [0.29, 0.717) is 0 Å². The molecule has 0 aliphatic heterocycles. The predicted molar refractivity (Wildman–Crippen MR) is 50.2 cm³/mol. The van der Waals surface area contributed by atoms with E-state index in [1.165, 1.54) is 0 Å². The summed E-state index contributed by atoms with van der Waals surface area (Å²) in [5.74, 6) is 0. The fourth-order valence-electron chi connectivity index (χ4n) is 1.04. The van der Waals surface area contributed by atoms with Gasteiger partial charge in [-0.3, -0.25) is 4.90 Å². The third-order valence-corrected chi connectivity index (χ3v) is 2.37. The highest BCUT2D eigenvalue weighted by Gasteiger charge is 2.03. The lowest BCUT2D eigenvalue weighted by Crippen LogP contribution is -2.26. The smallest absolute Gasteiger partial charge is 0.0795 e. The first kappa shape index (κ1) is 9.64. The number of likely N-dealkylation sites (N-methyl/N-ethyl adjacent to an activating group) is 1. The lowest BCUT2D eigenvalue weighted by atomic mass is 10.4. The topological polar surface area (TPSA) is 36.4 Å². The van der Waals surface area contributed by atoms with Gasteiger partial charge in [0.25, 0.3) is 0 Å². The Hall–Kier alpha value is -0.450. The summed E-state index contributed by atoms with van der Waals surface area (Å²) in [4.78, 5) is 6.34. The molecule has 0 aliphatic carbocycles. The molecule has 12 heavy (non-hydrogen) atoms. The second-order valence-corrected chi connectivity index (χ2v) is 3.29. The van der Waals surface area contributed by atoms with Crippen LogP contribution in [0.25, 0.3) is 0 Å². The Balaban J connectivity index is 2.37. The Morgan fingerprint density at radius 1 is 1.67 bits per heavy atom. The number of thiazole rings is 1. The number of hydrogen-bond donors (Lipinski definition) is 1. The molecule has 0 aromatic carbocycles. The van der Waals surface area contributed by atoms with Crippen LogP contribution in [0.3, 0.4) is 0 Å². The maximum atomic E-state index is 8.74. The van der Waals surface area contributed by atoms with E-state index in [9.17, 15) is 0 Å². The van der Waals surface area contributed by atoms with Gasteiger partial charge in [0.15, 0.2) is 0 Å². The quantitative estimate of drug-likeness (QED) is 0.744. The van der Waals surface area contributed by atoms with Crippen molar-refractivity contribution in [3.05, 3.63) is 16.6 Å². The molecule has 0 fully saturated rings. The van der Waals surface area contributed by atoms with E-state index >= 15 is 0 Å². The molecule has 1 rings (SSSR count). The van der Waals surface area contributed by atoms with Crippen molar-refractivity contribution < 1.29 is 5.11 Å². The summed E-state index contributed by atoms with van der Waals surface area (Å²) < 4.78 is 0. The first-order valence-electron chi connectivity index (χ1n) is 4.07. The maximum absolute atomic E-state index is 8.74. The van der Waals surface area contributed by atoms with Crippen LogP contribution in [0.5, 0.6) is 0 Å². The minimum atomic E-state index is 0.220. The number of aliphatic hydroxyl groups is 1. The lowest BCUT2D eigenvalue weighted by molar-refractivity contribution is 0.195. The largest absolute Gasteiger partial charge is 0.395 e. The fraction of sp³-hybridized carbons (Fsp3) is 0.625. The lowest BCUT2D eigenvalue weighted by Gasteiger charge is -2.17. The van der Waals surface area contributed by atoms with Crippen molar-refractivity contribution in [3.63, 3.8) is 0 Å². The van der Waals surface area contributed by atoms with Gasteiger partial charge in [-0.05, 0) is 6.54 Å². The van der Waals surface area contributed by atoms with Gasteiger partial charge in [0.05, 0.1) is 17.8 Å². The van der Waals surface area contributed by atoms with Crippen LogP contribution in [0.1, 0.15) is 12.6 Å². The summed E-state index contributed by atoms with van der Waals surface area (Å²) in [6, 6.07) is 0. The summed E-state index contributed by atoms with van der Waals surface area (Å²) >= 11 is 1.61. The van der Waals surface area contributed by atoms with E-state index in [4.69, 9.17) is 5.11 Å². The monoisotopic (exact) mass is 186 g/mol. The zero-order valence-electron chi connectivity index (χ0n) is 7.23. The number of aromatic nitrogens is 1. The van der Waals surface area contributed by atoms with E-state index in [1.807, 2.05) is 10.9 Å². The predicted octanol–water partition coefficient (Wildman–Crippen LogP) is 0.957. The molecule has 0 atom stereocenters. The Labute approximate surface area is 76.7 Å². The van der Waals surface area contributed by atoms with Crippen LogP contribution < -0.4 is 0 Å². The molecule has 0 bridgehead atoms. The molecule has 0 unspecified atom stereocenters. The van der Waals surface area contributed by atoms with Crippen molar-refractivity contribution in [1.29, 1.82) is 0 Å². The number of aliphatic hydroxyl groups excluding tert-OH is 1. The standard InChI is InChI=1S/C8H14N2OS/c1-2-10(3-4-11)5-8-6-12-7-9-8/h6-7,11H,2-5H2,1H3. The van der Waals surface area contributed by atoms with Crippen LogP contribution in [0.4, 0.5) is 0 Å². The molecule has 1 aromatic rings. The van der Waals surface area contributed by atoms with Crippen LogP contribution in [0.15, 0.2) is 10.9 Å². The summed E-state index contributed by atoms with van der Waals surface area (Å²) in [5, 5.41) is 10.8. The van der Waals surface area contributed by atoms with E-state index in [-0.39, 0.29) is 6.61 Å². The van der Waals surface area contributed by atoms with Gasteiger partial charge in [-0.15, -0.1) is 11.3 Å². The highest BCUT2D eigenvalue weighted by atomic mass is 32.1. The van der Waals surface area contributed by atoms with Crippen molar-refractivity contribution >= 4 is 11.3 Å². The molecule has 1 heterocycles. The van der Waals surface area contributed by atoms with Crippen LogP contribution in [-0.4, -0.2) is 34.7 Å². The van der Waals surface area contributed by atoms with Gasteiger partial charge >= 0.3 is 0 Å². The second kappa shape index (κ2) is 5.24. The Morgan fingerprint density at radius 2 is 2.50 bits per heavy atom. The Morgan fingerprint density at radius 3 is 3.00 bits per heavy atom. The van der Waals surface area contributed by atoms with Gasteiger partial charge in [-0.1, -0.05) is 6.92 Å². The highest BCUT2D eigenvalue weighted by molar-refractivity contribution is 7.07. The van der Waals surface area contributed by atoms with Gasteiger partial charge in [0, 0.05) is 18.5 Å². The summed E-state index contributed by atoms with van der Waals surface area (Å²) in [6.45, 7) is 4.84. The van der Waals surface area contributed by atoms with E-state index in [2.05, 4.69) is 16.8 Å². The third kappa shape index (κ3) is 2.89. The first-order chi connectivity index (χ1) is 5.86. The molecule has 1 aromatic heterocycles. The minimum Gasteiger partial charge on any atom is -0.395 e. The Bertz CT molecular complexity index is 201. The average molecular weight is 186 g/mol. The van der Waals surface area contributed by atoms with Gasteiger partial charge < -0.3 is 5.11 Å². The molecule has 3 nitrogen and oxygen atoms in total. The molecule has 1 N–H and O–H groups in total. The summed E-state index contributed by atoms with van der Waals surface area (Å²) in [6.07, 6.45) is 0. The van der Waals surface area contributed by atoms with Crippen LogP contribution >= 0.6 is 11.3 Å². The molecule has 0 saturated heterocycles. The van der Waals surface area contributed by atoms with Gasteiger partial charge in [-0.2, -0.15) is 0 Å². The van der Waals surface area contributed by atoms with Crippen LogP contribution in [0, 0.1) is 0 Å². The summed E-state index contributed by atoms with van der Waals surface area (Å²) in [7, 11) is 0. The van der Waals surface area contributed by atoms with Crippen molar-refractivity contribution in [2.45, 2.75) is 13.5 Å². The maximum Gasteiger partial charge on any atom is 0.0795 e. The normalized spacial score (nSPS) is 10.9. The minimum absolute atomic E-state index is 0.220. The van der Waals surface area contributed by atoms with E-state index in [0.717, 1.165) is 25.3 Å².